The molecule has 1 aromatic carbocycles. The number of anilines is 1. The largest absolute Gasteiger partial charge is 0.396 e. The lowest BCUT2D eigenvalue weighted by atomic mass is 10.1. The van der Waals surface area contributed by atoms with Gasteiger partial charge in [-0.15, -0.1) is 0 Å². The third kappa shape index (κ3) is 3.62. The van der Waals surface area contributed by atoms with Gasteiger partial charge in [0.1, 0.15) is 0 Å². The standard InChI is InChI=1S/C18H29N3O/c1-2-20-9-11-21(12-10-20)17-6-4-3-5-16(17)13-19-14-18(15-22)7-8-18/h3-6,19,22H,2,7-15H2,1H3. The minimum absolute atomic E-state index is 0.182. The van der Waals surface area contributed by atoms with Crippen LogP contribution < -0.4 is 10.2 Å². The van der Waals surface area contributed by atoms with Gasteiger partial charge >= 0.3 is 0 Å². The van der Waals surface area contributed by atoms with Crippen LogP contribution >= 0.6 is 0 Å². The second-order valence-corrected chi connectivity index (χ2v) is 6.81. The van der Waals surface area contributed by atoms with Gasteiger partial charge in [0.05, 0.1) is 0 Å². The van der Waals surface area contributed by atoms with Crippen LogP contribution in [0, 0.1) is 5.41 Å². The Hall–Kier alpha value is -1.10. The van der Waals surface area contributed by atoms with Gasteiger partial charge in [-0.05, 0) is 31.0 Å². The highest BCUT2D eigenvalue weighted by atomic mass is 16.3. The average Bonchev–Trinajstić information content (AvgIpc) is 3.36. The van der Waals surface area contributed by atoms with Crippen molar-refractivity contribution in [2.75, 3.05) is 50.8 Å². The van der Waals surface area contributed by atoms with Crippen LogP contribution in [-0.2, 0) is 6.54 Å². The van der Waals surface area contributed by atoms with Crippen LogP contribution in [-0.4, -0.2) is 55.9 Å². The van der Waals surface area contributed by atoms with Crippen molar-refractivity contribution in [1.82, 2.24) is 10.2 Å². The fourth-order valence-electron chi connectivity index (χ4n) is 3.30. The van der Waals surface area contributed by atoms with Crippen molar-refractivity contribution in [3.8, 4) is 0 Å². The zero-order chi connectivity index (χ0) is 15.4. The van der Waals surface area contributed by atoms with E-state index < -0.39 is 0 Å². The van der Waals surface area contributed by atoms with Crippen molar-refractivity contribution in [2.24, 2.45) is 5.41 Å². The highest BCUT2D eigenvalue weighted by molar-refractivity contribution is 5.54. The SMILES string of the molecule is CCN1CCN(c2ccccc2CNCC2(CO)CC2)CC1. The maximum Gasteiger partial charge on any atom is 0.0499 e. The lowest BCUT2D eigenvalue weighted by molar-refractivity contribution is 0.207. The number of para-hydroxylation sites is 1. The Kier molecular flexibility index (Phi) is 5.01. The lowest BCUT2D eigenvalue weighted by Crippen LogP contribution is -2.46. The molecule has 0 amide bonds. The van der Waals surface area contributed by atoms with E-state index in [4.69, 9.17) is 0 Å². The van der Waals surface area contributed by atoms with Crippen molar-refractivity contribution in [2.45, 2.75) is 26.3 Å². The van der Waals surface area contributed by atoms with Gasteiger partial charge in [0.25, 0.3) is 0 Å². The van der Waals surface area contributed by atoms with E-state index in [0.29, 0.717) is 6.61 Å². The monoisotopic (exact) mass is 303 g/mol. The predicted octanol–water partition coefficient (Wildman–Crippen LogP) is 1.69. The van der Waals surface area contributed by atoms with Crippen LogP contribution in [0.1, 0.15) is 25.3 Å². The van der Waals surface area contributed by atoms with Crippen molar-refractivity contribution in [3.63, 3.8) is 0 Å². The number of nitrogens with one attached hydrogen (secondary N) is 1. The molecule has 1 aliphatic carbocycles. The Labute approximate surface area is 134 Å². The second kappa shape index (κ2) is 6.99. The van der Waals surface area contributed by atoms with Crippen molar-refractivity contribution >= 4 is 5.69 Å². The van der Waals surface area contributed by atoms with E-state index >= 15 is 0 Å². The molecule has 1 aliphatic heterocycles. The van der Waals surface area contributed by atoms with Crippen LogP contribution in [0.3, 0.4) is 0 Å². The summed E-state index contributed by atoms with van der Waals surface area (Å²) < 4.78 is 0. The summed E-state index contributed by atoms with van der Waals surface area (Å²) in [5.74, 6) is 0. The van der Waals surface area contributed by atoms with Crippen LogP contribution in [0.25, 0.3) is 0 Å². The molecule has 0 bridgehead atoms. The molecule has 0 atom stereocenters. The molecule has 3 rings (SSSR count). The fourth-order valence-corrected chi connectivity index (χ4v) is 3.30. The molecule has 4 nitrogen and oxygen atoms in total. The second-order valence-electron chi connectivity index (χ2n) is 6.81. The van der Waals surface area contributed by atoms with Crippen molar-refractivity contribution in [3.05, 3.63) is 29.8 Å². The summed E-state index contributed by atoms with van der Waals surface area (Å²) in [6.07, 6.45) is 2.33. The molecule has 2 fully saturated rings. The Morgan fingerprint density at radius 1 is 1.14 bits per heavy atom. The zero-order valence-corrected chi connectivity index (χ0v) is 13.7. The number of hydrogen-bond acceptors (Lipinski definition) is 4. The van der Waals surface area contributed by atoms with E-state index in [0.717, 1.165) is 58.7 Å². The summed E-state index contributed by atoms with van der Waals surface area (Å²) in [7, 11) is 0. The smallest absolute Gasteiger partial charge is 0.0499 e. The number of aliphatic hydroxyl groups is 1. The van der Waals surface area contributed by atoms with Crippen molar-refractivity contribution < 1.29 is 5.11 Å². The molecule has 1 saturated carbocycles. The summed E-state index contributed by atoms with van der Waals surface area (Å²) in [5, 5.41) is 13.0. The Balaban J connectivity index is 1.58. The van der Waals surface area contributed by atoms with Gasteiger partial charge in [-0.25, -0.2) is 0 Å². The van der Waals surface area contributed by atoms with E-state index in [1.807, 2.05) is 0 Å². The Morgan fingerprint density at radius 2 is 1.86 bits per heavy atom. The first-order valence-corrected chi connectivity index (χ1v) is 8.63. The van der Waals surface area contributed by atoms with Gasteiger partial charge in [-0.1, -0.05) is 25.1 Å². The van der Waals surface area contributed by atoms with Crippen LogP contribution in [0.2, 0.25) is 0 Å². The Morgan fingerprint density at radius 3 is 2.50 bits per heavy atom. The summed E-state index contributed by atoms with van der Waals surface area (Å²) in [6.45, 7) is 10.1. The van der Waals surface area contributed by atoms with Gasteiger partial charge in [-0.3, -0.25) is 0 Å². The first-order chi connectivity index (χ1) is 10.8. The number of hydrogen-bond donors (Lipinski definition) is 2. The molecule has 0 radical (unpaired) electrons. The number of nitrogens with zero attached hydrogens (tertiary/aromatic N) is 2. The van der Waals surface area contributed by atoms with Gasteiger partial charge in [0, 0.05) is 57.0 Å². The minimum Gasteiger partial charge on any atom is -0.396 e. The predicted molar refractivity (Wildman–Crippen MR) is 91.2 cm³/mol. The molecule has 22 heavy (non-hydrogen) atoms. The molecule has 0 spiro atoms. The quantitative estimate of drug-likeness (QED) is 0.804. The lowest BCUT2D eigenvalue weighted by Gasteiger charge is -2.36. The zero-order valence-electron chi connectivity index (χ0n) is 13.7. The number of likely N-dealkylation sites (N-methyl/N-ethyl adjacent to an activating group) is 1. The molecule has 1 saturated heterocycles. The summed E-state index contributed by atoms with van der Waals surface area (Å²) in [4.78, 5) is 5.03. The van der Waals surface area contributed by atoms with Gasteiger partial charge in [0.2, 0.25) is 0 Å². The van der Waals surface area contributed by atoms with E-state index in [2.05, 4.69) is 46.3 Å². The van der Waals surface area contributed by atoms with Crippen molar-refractivity contribution in [1.29, 1.82) is 0 Å². The summed E-state index contributed by atoms with van der Waals surface area (Å²) >= 11 is 0. The molecule has 0 unspecified atom stereocenters. The molecule has 122 valence electrons. The third-order valence-electron chi connectivity index (χ3n) is 5.26. The van der Waals surface area contributed by atoms with Crippen LogP contribution in [0.5, 0.6) is 0 Å². The topological polar surface area (TPSA) is 38.7 Å². The molecule has 2 N–H and O–H groups in total. The van der Waals surface area contributed by atoms with Crippen LogP contribution in [0.15, 0.2) is 24.3 Å². The normalized spacial score (nSPS) is 21.1. The maximum absolute atomic E-state index is 9.41. The number of benzene rings is 1. The Bertz CT molecular complexity index is 479. The fraction of sp³-hybridized carbons (Fsp3) is 0.667. The molecule has 2 aliphatic rings. The molecular weight excluding hydrogens is 274 g/mol. The van der Waals surface area contributed by atoms with E-state index in [9.17, 15) is 5.11 Å². The van der Waals surface area contributed by atoms with E-state index in [-0.39, 0.29) is 5.41 Å². The molecule has 0 aromatic heterocycles. The number of piperazine rings is 1. The average molecular weight is 303 g/mol. The third-order valence-corrected chi connectivity index (χ3v) is 5.26. The minimum atomic E-state index is 0.182. The highest BCUT2D eigenvalue weighted by Crippen LogP contribution is 2.44. The van der Waals surface area contributed by atoms with Gasteiger partial charge in [-0.2, -0.15) is 0 Å². The molecule has 1 heterocycles. The maximum atomic E-state index is 9.41. The first kappa shape index (κ1) is 15.8. The molecule has 4 heteroatoms. The number of aliphatic hydroxyl groups excluding tert-OH is 1. The number of rotatable bonds is 7. The summed E-state index contributed by atoms with van der Waals surface area (Å²) in [6, 6.07) is 8.74. The molecule has 1 aromatic rings. The molecular formula is C18H29N3O. The van der Waals surface area contributed by atoms with Crippen LogP contribution in [0.4, 0.5) is 5.69 Å². The highest BCUT2D eigenvalue weighted by Gasteiger charge is 2.41. The summed E-state index contributed by atoms with van der Waals surface area (Å²) in [5.41, 5.74) is 2.93. The van der Waals surface area contributed by atoms with Gasteiger partial charge in [0.15, 0.2) is 0 Å². The van der Waals surface area contributed by atoms with Gasteiger partial charge < -0.3 is 20.2 Å². The first-order valence-electron chi connectivity index (χ1n) is 8.63. The van der Waals surface area contributed by atoms with E-state index in [1.54, 1.807) is 0 Å². The van der Waals surface area contributed by atoms with E-state index in [1.165, 1.54) is 11.3 Å².